The molecule has 2 heterocycles. The van der Waals surface area contributed by atoms with Crippen molar-refractivity contribution < 1.29 is 4.79 Å². The summed E-state index contributed by atoms with van der Waals surface area (Å²) in [6.45, 7) is 4.13. The molecule has 0 atom stereocenters. The van der Waals surface area contributed by atoms with Gasteiger partial charge in [-0.25, -0.2) is 4.98 Å². The largest absolute Gasteiger partial charge is 0.345 e. The molecular formula is C24H27N3O2S. The van der Waals surface area contributed by atoms with Crippen molar-refractivity contribution in [2.45, 2.75) is 69.6 Å². The number of aryl methyl sites for hydroxylation is 1. The van der Waals surface area contributed by atoms with Gasteiger partial charge in [0.1, 0.15) is 0 Å². The normalized spacial score (nSPS) is 17.1. The molecule has 0 saturated heterocycles. The molecule has 5 rings (SSSR count). The standard InChI is InChI=1S/C24H27N3O2S/c1-15-13-20(16(2)26(15)18-11-12-18)22(28)14-30-24-25-21-10-6-5-9-19(21)23(29)27(24)17-7-3-4-8-17/h5-6,9-10,13,17-18H,3-4,7-8,11-12,14H2,1-2H3. The van der Waals surface area contributed by atoms with Crippen molar-refractivity contribution in [3.63, 3.8) is 0 Å². The van der Waals surface area contributed by atoms with Gasteiger partial charge in [-0.05, 0) is 57.7 Å². The molecule has 0 radical (unpaired) electrons. The number of benzene rings is 1. The lowest BCUT2D eigenvalue weighted by atomic mass is 10.2. The van der Waals surface area contributed by atoms with E-state index in [4.69, 9.17) is 4.98 Å². The summed E-state index contributed by atoms with van der Waals surface area (Å²) in [5.74, 6) is 0.410. The highest BCUT2D eigenvalue weighted by atomic mass is 32.2. The third-order valence-electron chi connectivity index (χ3n) is 6.49. The van der Waals surface area contributed by atoms with Gasteiger partial charge in [-0.3, -0.25) is 14.2 Å². The summed E-state index contributed by atoms with van der Waals surface area (Å²) in [5, 5.41) is 1.34. The van der Waals surface area contributed by atoms with E-state index in [1.165, 1.54) is 24.6 Å². The zero-order valence-electron chi connectivity index (χ0n) is 17.6. The van der Waals surface area contributed by atoms with Crippen LogP contribution in [-0.2, 0) is 0 Å². The minimum absolute atomic E-state index is 0.0226. The topological polar surface area (TPSA) is 56.9 Å². The van der Waals surface area contributed by atoms with E-state index in [-0.39, 0.29) is 17.4 Å². The lowest BCUT2D eigenvalue weighted by Crippen LogP contribution is -2.26. The van der Waals surface area contributed by atoms with Gasteiger partial charge in [-0.2, -0.15) is 0 Å². The Morgan fingerprint density at radius 3 is 2.50 bits per heavy atom. The summed E-state index contributed by atoms with van der Waals surface area (Å²) in [6, 6.07) is 10.3. The van der Waals surface area contributed by atoms with Crippen molar-refractivity contribution in [1.82, 2.24) is 14.1 Å². The Morgan fingerprint density at radius 2 is 1.77 bits per heavy atom. The van der Waals surface area contributed by atoms with E-state index in [0.29, 0.717) is 27.9 Å². The monoisotopic (exact) mass is 421 g/mol. The second-order valence-corrected chi connectivity index (χ2v) is 9.57. The molecule has 2 aromatic heterocycles. The van der Waals surface area contributed by atoms with Crippen LogP contribution in [0.2, 0.25) is 0 Å². The molecule has 2 aliphatic rings. The van der Waals surface area contributed by atoms with Gasteiger partial charge in [-0.1, -0.05) is 36.7 Å². The summed E-state index contributed by atoms with van der Waals surface area (Å²) in [5.41, 5.74) is 3.77. The summed E-state index contributed by atoms with van der Waals surface area (Å²) < 4.78 is 4.17. The molecule has 0 bridgehead atoms. The number of hydrogen-bond acceptors (Lipinski definition) is 4. The molecule has 1 aromatic carbocycles. The van der Waals surface area contributed by atoms with Gasteiger partial charge in [0.15, 0.2) is 10.9 Å². The van der Waals surface area contributed by atoms with Crippen LogP contribution in [0.25, 0.3) is 10.9 Å². The third kappa shape index (κ3) is 3.41. The van der Waals surface area contributed by atoms with E-state index in [1.807, 2.05) is 41.8 Å². The molecule has 2 saturated carbocycles. The predicted molar refractivity (Wildman–Crippen MR) is 121 cm³/mol. The number of ketones is 1. The first-order valence-corrected chi connectivity index (χ1v) is 11.9. The maximum Gasteiger partial charge on any atom is 0.262 e. The van der Waals surface area contributed by atoms with Gasteiger partial charge in [0.05, 0.1) is 16.7 Å². The Kier molecular flexibility index (Phi) is 5.05. The van der Waals surface area contributed by atoms with Crippen LogP contribution < -0.4 is 5.56 Å². The van der Waals surface area contributed by atoms with Gasteiger partial charge in [0, 0.05) is 29.0 Å². The summed E-state index contributed by atoms with van der Waals surface area (Å²) >= 11 is 1.41. The maximum absolute atomic E-state index is 13.3. The molecule has 156 valence electrons. The van der Waals surface area contributed by atoms with Crippen LogP contribution in [0.4, 0.5) is 0 Å². The smallest absolute Gasteiger partial charge is 0.262 e. The average Bonchev–Trinajstić information content (AvgIpc) is 3.32. The average molecular weight is 422 g/mol. The summed E-state index contributed by atoms with van der Waals surface area (Å²) in [6.07, 6.45) is 6.69. The van der Waals surface area contributed by atoms with Gasteiger partial charge >= 0.3 is 0 Å². The van der Waals surface area contributed by atoms with Crippen LogP contribution in [0.1, 0.15) is 72.4 Å². The van der Waals surface area contributed by atoms with E-state index < -0.39 is 0 Å². The molecule has 0 unspecified atom stereocenters. The quantitative estimate of drug-likeness (QED) is 0.310. The van der Waals surface area contributed by atoms with Gasteiger partial charge in [0.2, 0.25) is 0 Å². The van der Waals surface area contributed by atoms with Crippen LogP contribution in [0.15, 0.2) is 40.3 Å². The van der Waals surface area contributed by atoms with Crippen LogP contribution in [0.3, 0.4) is 0 Å². The fourth-order valence-corrected chi connectivity index (χ4v) is 5.82. The molecule has 3 aromatic rings. The Morgan fingerprint density at radius 1 is 1.07 bits per heavy atom. The zero-order valence-corrected chi connectivity index (χ0v) is 18.4. The fraction of sp³-hybridized carbons (Fsp3) is 0.458. The number of fused-ring (bicyclic) bond motifs is 1. The molecule has 30 heavy (non-hydrogen) atoms. The number of hydrogen-bond donors (Lipinski definition) is 0. The van der Waals surface area contributed by atoms with Crippen molar-refractivity contribution in [2.75, 3.05) is 5.75 Å². The Hall–Kier alpha value is -2.34. The molecule has 0 aliphatic heterocycles. The minimum Gasteiger partial charge on any atom is -0.345 e. The lowest BCUT2D eigenvalue weighted by Gasteiger charge is -2.18. The number of carbonyl (C=O) groups excluding carboxylic acids is 1. The number of nitrogens with zero attached hydrogens (tertiary/aromatic N) is 3. The highest BCUT2D eigenvalue weighted by Gasteiger charge is 2.29. The highest BCUT2D eigenvalue weighted by molar-refractivity contribution is 7.99. The Bertz CT molecular complexity index is 1180. The zero-order chi connectivity index (χ0) is 20.8. The number of carbonyl (C=O) groups is 1. The Balaban J connectivity index is 1.46. The number of rotatable bonds is 6. The second-order valence-electron chi connectivity index (χ2n) is 8.62. The first-order chi connectivity index (χ1) is 14.5. The van der Waals surface area contributed by atoms with E-state index in [0.717, 1.165) is 42.6 Å². The van der Waals surface area contributed by atoms with Gasteiger partial charge in [0.25, 0.3) is 5.56 Å². The summed E-state index contributed by atoms with van der Waals surface area (Å²) in [7, 11) is 0. The second kappa shape index (κ2) is 7.73. The molecule has 5 nitrogen and oxygen atoms in total. The SMILES string of the molecule is Cc1cc(C(=O)CSc2nc3ccccc3c(=O)n2C2CCCC2)c(C)n1C1CC1. The van der Waals surface area contributed by atoms with Crippen LogP contribution >= 0.6 is 11.8 Å². The number of aromatic nitrogens is 3. The van der Waals surface area contributed by atoms with Crippen molar-refractivity contribution in [3.8, 4) is 0 Å². The molecular weight excluding hydrogens is 394 g/mol. The number of thioether (sulfide) groups is 1. The van der Waals surface area contributed by atoms with E-state index in [2.05, 4.69) is 11.5 Å². The lowest BCUT2D eigenvalue weighted by molar-refractivity contribution is 0.102. The molecule has 2 aliphatic carbocycles. The van der Waals surface area contributed by atoms with Crippen LogP contribution in [0, 0.1) is 13.8 Å². The van der Waals surface area contributed by atoms with E-state index in [9.17, 15) is 9.59 Å². The first-order valence-electron chi connectivity index (χ1n) is 10.9. The minimum atomic E-state index is 0.0226. The van der Waals surface area contributed by atoms with Crippen molar-refractivity contribution >= 4 is 28.4 Å². The first kappa shape index (κ1) is 19.6. The van der Waals surface area contributed by atoms with Crippen LogP contribution in [-0.4, -0.2) is 25.7 Å². The van der Waals surface area contributed by atoms with Crippen molar-refractivity contribution in [2.24, 2.45) is 0 Å². The highest BCUT2D eigenvalue weighted by Crippen LogP contribution is 2.39. The number of para-hydroxylation sites is 1. The van der Waals surface area contributed by atoms with Crippen molar-refractivity contribution in [1.29, 1.82) is 0 Å². The van der Waals surface area contributed by atoms with Gasteiger partial charge in [-0.15, -0.1) is 0 Å². The predicted octanol–water partition coefficient (Wildman–Crippen LogP) is 5.24. The molecule has 6 heteroatoms. The molecule has 0 amide bonds. The van der Waals surface area contributed by atoms with Crippen LogP contribution in [0.5, 0.6) is 0 Å². The van der Waals surface area contributed by atoms with Gasteiger partial charge < -0.3 is 4.57 Å². The maximum atomic E-state index is 13.3. The molecule has 0 spiro atoms. The Labute approximate surface area is 180 Å². The van der Waals surface area contributed by atoms with E-state index in [1.54, 1.807) is 0 Å². The third-order valence-corrected chi connectivity index (χ3v) is 7.45. The van der Waals surface area contributed by atoms with Crippen molar-refractivity contribution in [3.05, 3.63) is 57.6 Å². The summed E-state index contributed by atoms with van der Waals surface area (Å²) in [4.78, 5) is 31.1. The van der Waals surface area contributed by atoms with E-state index >= 15 is 0 Å². The molecule has 2 fully saturated rings. The fourth-order valence-electron chi connectivity index (χ4n) is 4.87. The number of Topliss-reactive ketones (excluding diaryl/α,β-unsaturated/α-hetero) is 1. The molecule has 0 N–H and O–H groups in total.